The molecule has 1 amide bonds. The van der Waals surface area contributed by atoms with Crippen LogP contribution in [0.1, 0.15) is 26.2 Å². The zero-order valence-electron chi connectivity index (χ0n) is 10.6. The van der Waals surface area contributed by atoms with Gasteiger partial charge in [-0.15, -0.1) is 0 Å². The lowest BCUT2D eigenvalue weighted by Gasteiger charge is -2.15. The van der Waals surface area contributed by atoms with Crippen molar-refractivity contribution in [3.05, 3.63) is 24.3 Å². The van der Waals surface area contributed by atoms with Crippen LogP contribution in [0.15, 0.2) is 24.3 Å². The molecular weight excluding hydrogens is 228 g/mol. The maximum absolute atomic E-state index is 11.1. The predicted octanol–water partition coefficient (Wildman–Crippen LogP) is 2.22. The number of hydrogen-bond acceptors (Lipinski definition) is 3. The van der Waals surface area contributed by atoms with Gasteiger partial charge in [0.05, 0.1) is 0 Å². The van der Waals surface area contributed by atoms with Crippen LogP contribution < -0.4 is 10.6 Å². The molecule has 0 aliphatic heterocycles. The second-order valence-corrected chi connectivity index (χ2v) is 5.01. The summed E-state index contributed by atoms with van der Waals surface area (Å²) in [5, 5.41) is 14.7. The molecule has 4 heteroatoms. The standard InChI is InChI=1S/C14H20N2O2/c1-10(7-11-5-6-11)15-12-3-2-4-13(8-12)16-14(18)9-17/h2-4,8,10-11,15,17H,5-7,9H2,1H3,(H,16,18). The van der Waals surface area contributed by atoms with Gasteiger partial charge in [-0.25, -0.2) is 0 Å². The highest BCUT2D eigenvalue weighted by Crippen LogP contribution is 2.34. The van der Waals surface area contributed by atoms with Crippen molar-refractivity contribution < 1.29 is 9.90 Å². The number of amides is 1. The molecule has 1 aliphatic carbocycles. The van der Waals surface area contributed by atoms with Crippen LogP contribution in [-0.4, -0.2) is 23.7 Å². The summed E-state index contributed by atoms with van der Waals surface area (Å²) in [7, 11) is 0. The van der Waals surface area contributed by atoms with Gasteiger partial charge in [-0.05, 0) is 37.5 Å². The lowest BCUT2D eigenvalue weighted by atomic mass is 10.1. The first-order valence-corrected chi connectivity index (χ1v) is 6.44. The number of aliphatic hydroxyl groups excluding tert-OH is 1. The topological polar surface area (TPSA) is 61.4 Å². The van der Waals surface area contributed by atoms with Gasteiger partial charge in [0.25, 0.3) is 0 Å². The van der Waals surface area contributed by atoms with Gasteiger partial charge < -0.3 is 15.7 Å². The minimum Gasteiger partial charge on any atom is -0.387 e. The summed E-state index contributed by atoms with van der Waals surface area (Å²) in [6.45, 7) is 1.69. The number of aliphatic hydroxyl groups is 1. The fourth-order valence-electron chi connectivity index (χ4n) is 2.08. The van der Waals surface area contributed by atoms with Crippen molar-refractivity contribution >= 4 is 17.3 Å². The van der Waals surface area contributed by atoms with E-state index >= 15 is 0 Å². The van der Waals surface area contributed by atoms with Gasteiger partial charge >= 0.3 is 0 Å². The SMILES string of the molecule is CC(CC1CC1)Nc1cccc(NC(=O)CO)c1. The smallest absolute Gasteiger partial charge is 0.250 e. The van der Waals surface area contributed by atoms with E-state index in [2.05, 4.69) is 17.6 Å². The van der Waals surface area contributed by atoms with Gasteiger partial charge in [0.2, 0.25) is 5.91 Å². The summed E-state index contributed by atoms with van der Waals surface area (Å²) in [6.07, 6.45) is 3.92. The third kappa shape index (κ3) is 4.04. The molecule has 1 atom stereocenters. The zero-order valence-corrected chi connectivity index (χ0v) is 10.6. The van der Waals surface area contributed by atoms with Crippen LogP contribution in [0.5, 0.6) is 0 Å². The molecule has 0 heterocycles. The Balaban J connectivity index is 1.91. The highest BCUT2D eigenvalue weighted by Gasteiger charge is 2.23. The van der Waals surface area contributed by atoms with Gasteiger partial charge in [-0.1, -0.05) is 18.9 Å². The first-order chi connectivity index (χ1) is 8.67. The number of carbonyl (C=O) groups excluding carboxylic acids is 1. The van der Waals surface area contributed by atoms with Crippen molar-refractivity contribution in [3.63, 3.8) is 0 Å². The Bertz CT molecular complexity index is 416. The molecule has 0 aromatic heterocycles. The van der Waals surface area contributed by atoms with Gasteiger partial charge in [0.15, 0.2) is 0 Å². The number of anilines is 2. The number of nitrogens with one attached hydrogen (secondary N) is 2. The molecule has 0 saturated heterocycles. The Labute approximate surface area is 107 Å². The number of hydrogen-bond donors (Lipinski definition) is 3. The van der Waals surface area contributed by atoms with E-state index in [0.717, 1.165) is 11.6 Å². The van der Waals surface area contributed by atoms with Crippen molar-refractivity contribution in [2.24, 2.45) is 5.92 Å². The molecule has 0 bridgehead atoms. The first-order valence-electron chi connectivity index (χ1n) is 6.44. The average molecular weight is 248 g/mol. The van der Waals surface area contributed by atoms with Gasteiger partial charge in [-0.3, -0.25) is 4.79 Å². The van der Waals surface area contributed by atoms with Crippen LogP contribution >= 0.6 is 0 Å². The Morgan fingerprint density at radius 2 is 2.17 bits per heavy atom. The molecule has 98 valence electrons. The predicted molar refractivity (Wildman–Crippen MR) is 72.6 cm³/mol. The normalized spacial score (nSPS) is 16.1. The summed E-state index contributed by atoms with van der Waals surface area (Å²) in [4.78, 5) is 11.1. The molecule has 1 aliphatic rings. The maximum Gasteiger partial charge on any atom is 0.250 e. The molecular formula is C14H20N2O2. The van der Waals surface area contributed by atoms with Gasteiger partial charge in [-0.2, -0.15) is 0 Å². The molecule has 4 nitrogen and oxygen atoms in total. The third-order valence-corrected chi connectivity index (χ3v) is 3.09. The van der Waals surface area contributed by atoms with E-state index in [1.165, 1.54) is 19.3 Å². The summed E-state index contributed by atoms with van der Waals surface area (Å²) in [5.41, 5.74) is 1.71. The van der Waals surface area contributed by atoms with Crippen LogP contribution in [0.2, 0.25) is 0 Å². The lowest BCUT2D eigenvalue weighted by molar-refractivity contribution is -0.118. The van der Waals surface area contributed by atoms with Crippen molar-refractivity contribution in [3.8, 4) is 0 Å². The Morgan fingerprint density at radius 1 is 1.44 bits per heavy atom. The quantitative estimate of drug-likeness (QED) is 0.723. The van der Waals surface area contributed by atoms with Gasteiger partial charge in [0, 0.05) is 17.4 Å². The minimum atomic E-state index is -0.490. The van der Waals surface area contributed by atoms with E-state index in [1.807, 2.05) is 24.3 Å². The molecule has 2 rings (SSSR count). The van der Waals surface area contributed by atoms with Crippen molar-refractivity contribution in [2.45, 2.75) is 32.2 Å². The van der Waals surface area contributed by atoms with E-state index in [-0.39, 0.29) is 0 Å². The number of rotatable bonds is 6. The fourth-order valence-corrected chi connectivity index (χ4v) is 2.08. The van der Waals surface area contributed by atoms with Crippen molar-refractivity contribution in [1.29, 1.82) is 0 Å². The molecule has 1 saturated carbocycles. The molecule has 1 fully saturated rings. The molecule has 1 aromatic carbocycles. The average Bonchev–Trinajstić information content (AvgIpc) is 3.13. The van der Waals surface area contributed by atoms with Crippen LogP contribution in [0.3, 0.4) is 0 Å². The fraction of sp³-hybridized carbons (Fsp3) is 0.500. The summed E-state index contributed by atoms with van der Waals surface area (Å²) in [5.74, 6) is 0.503. The van der Waals surface area contributed by atoms with Crippen LogP contribution in [-0.2, 0) is 4.79 Å². The van der Waals surface area contributed by atoms with E-state index in [1.54, 1.807) is 0 Å². The monoisotopic (exact) mass is 248 g/mol. The minimum absolute atomic E-state index is 0.391. The highest BCUT2D eigenvalue weighted by atomic mass is 16.3. The molecule has 18 heavy (non-hydrogen) atoms. The Hall–Kier alpha value is -1.55. The molecule has 1 unspecified atom stereocenters. The molecule has 3 N–H and O–H groups in total. The van der Waals surface area contributed by atoms with Crippen LogP contribution in [0.4, 0.5) is 11.4 Å². The second kappa shape index (κ2) is 5.87. The lowest BCUT2D eigenvalue weighted by Crippen LogP contribution is -2.17. The largest absolute Gasteiger partial charge is 0.387 e. The van der Waals surface area contributed by atoms with E-state index in [9.17, 15) is 4.79 Å². The summed E-state index contributed by atoms with van der Waals surface area (Å²) >= 11 is 0. The maximum atomic E-state index is 11.1. The Kier molecular flexibility index (Phi) is 4.20. The highest BCUT2D eigenvalue weighted by molar-refractivity contribution is 5.91. The van der Waals surface area contributed by atoms with Gasteiger partial charge in [0.1, 0.15) is 6.61 Å². The number of carbonyl (C=O) groups is 1. The number of benzene rings is 1. The van der Waals surface area contributed by atoms with E-state index < -0.39 is 12.5 Å². The van der Waals surface area contributed by atoms with E-state index in [4.69, 9.17) is 5.11 Å². The molecule has 0 radical (unpaired) electrons. The first kappa shape index (κ1) is 12.9. The molecule has 1 aromatic rings. The molecule has 0 spiro atoms. The van der Waals surface area contributed by atoms with E-state index in [0.29, 0.717) is 11.7 Å². The summed E-state index contributed by atoms with van der Waals surface area (Å²) < 4.78 is 0. The van der Waals surface area contributed by atoms with Crippen molar-refractivity contribution in [2.75, 3.05) is 17.2 Å². The van der Waals surface area contributed by atoms with Crippen LogP contribution in [0.25, 0.3) is 0 Å². The summed E-state index contributed by atoms with van der Waals surface area (Å²) in [6, 6.07) is 8.01. The zero-order chi connectivity index (χ0) is 13.0. The third-order valence-electron chi connectivity index (χ3n) is 3.09. The second-order valence-electron chi connectivity index (χ2n) is 5.01. The Morgan fingerprint density at radius 3 is 2.83 bits per heavy atom. The van der Waals surface area contributed by atoms with Crippen molar-refractivity contribution in [1.82, 2.24) is 0 Å². The van der Waals surface area contributed by atoms with Crippen LogP contribution in [0, 0.1) is 5.92 Å².